The molecule has 0 radical (unpaired) electrons. The first-order valence-corrected chi connectivity index (χ1v) is 4.71. The topological polar surface area (TPSA) is 43.8 Å². The van der Waals surface area contributed by atoms with Gasteiger partial charge in [0.2, 0.25) is 0 Å². The Morgan fingerprint density at radius 1 is 1.54 bits per heavy atom. The summed E-state index contributed by atoms with van der Waals surface area (Å²) in [6.45, 7) is 2.00. The third kappa shape index (κ3) is 1.52. The number of nitrogens with zero attached hydrogens (tertiary/aromatic N) is 2. The molecule has 3 heteroatoms. The number of allylic oxidation sites excluding steroid dienone is 2. The number of hydrogen-bond donors (Lipinski definition) is 1. The van der Waals surface area contributed by atoms with E-state index in [0.717, 1.165) is 18.5 Å². The summed E-state index contributed by atoms with van der Waals surface area (Å²) in [5, 5.41) is 0. The lowest BCUT2D eigenvalue weighted by Crippen LogP contribution is -2.14. The highest BCUT2D eigenvalue weighted by Crippen LogP contribution is 2.26. The standard InChI is InChI=1S/C10H15N3/c1-8(11)10-6-12-7-13(10)9-4-2-3-5-9/h2-3,6-9H,4-5,11H2,1H3. The van der Waals surface area contributed by atoms with Crippen molar-refractivity contribution in [2.45, 2.75) is 31.8 Å². The van der Waals surface area contributed by atoms with Crippen molar-refractivity contribution < 1.29 is 0 Å². The van der Waals surface area contributed by atoms with Crippen LogP contribution in [0.15, 0.2) is 24.7 Å². The van der Waals surface area contributed by atoms with Gasteiger partial charge in [0, 0.05) is 18.3 Å². The van der Waals surface area contributed by atoms with Crippen LogP contribution in [0.3, 0.4) is 0 Å². The lowest BCUT2D eigenvalue weighted by Gasteiger charge is -2.16. The Balaban J connectivity index is 2.24. The van der Waals surface area contributed by atoms with Gasteiger partial charge in [-0.25, -0.2) is 4.98 Å². The van der Waals surface area contributed by atoms with E-state index in [0.29, 0.717) is 6.04 Å². The van der Waals surface area contributed by atoms with Gasteiger partial charge in [-0.1, -0.05) is 12.2 Å². The molecule has 0 aromatic carbocycles. The molecule has 0 saturated carbocycles. The fourth-order valence-electron chi connectivity index (χ4n) is 1.80. The number of imidazole rings is 1. The van der Waals surface area contributed by atoms with E-state index in [1.807, 2.05) is 19.4 Å². The number of rotatable bonds is 2. The molecule has 1 atom stereocenters. The smallest absolute Gasteiger partial charge is 0.0951 e. The molecule has 0 aliphatic heterocycles. The van der Waals surface area contributed by atoms with Crippen molar-refractivity contribution in [3.8, 4) is 0 Å². The van der Waals surface area contributed by atoms with Crippen LogP contribution in [-0.4, -0.2) is 9.55 Å². The van der Waals surface area contributed by atoms with Gasteiger partial charge in [-0.05, 0) is 19.8 Å². The summed E-state index contributed by atoms with van der Waals surface area (Å²) in [6, 6.07) is 0.617. The van der Waals surface area contributed by atoms with Crippen LogP contribution in [-0.2, 0) is 0 Å². The monoisotopic (exact) mass is 177 g/mol. The fraction of sp³-hybridized carbons (Fsp3) is 0.500. The van der Waals surface area contributed by atoms with E-state index in [-0.39, 0.29) is 6.04 Å². The van der Waals surface area contributed by atoms with Crippen LogP contribution >= 0.6 is 0 Å². The lowest BCUT2D eigenvalue weighted by atomic mass is 10.2. The van der Waals surface area contributed by atoms with Gasteiger partial charge in [-0.15, -0.1) is 0 Å². The molecule has 2 N–H and O–H groups in total. The van der Waals surface area contributed by atoms with Gasteiger partial charge in [0.15, 0.2) is 0 Å². The Bertz CT molecular complexity index is 304. The predicted octanol–water partition coefficient (Wildman–Crippen LogP) is 1.79. The van der Waals surface area contributed by atoms with Crippen molar-refractivity contribution in [3.05, 3.63) is 30.4 Å². The zero-order valence-corrected chi connectivity index (χ0v) is 7.85. The minimum absolute atomic E-state index is 0.0723. The molecule has 1 aromatic heterocycles. The summed E-state index contributed by atoms with van der Waals surface area (Å²) in [6.07, 6.45) is 10.4. The molecular weight excluding hydrogens is 162 g/mol. The molecule has 3 nitrogen and oxygen atoms in total. The van der Waals surface area contributed by atoms with Crippen molar-refractivity contribution in [1.29, 1.82) is 0 Å². The van der Waals surface area contributed by atoms with Crippen LogP contribution in [0.4, 0.5) is 0 Å². The second-order valence-corrected chi connectivity index (χ2v) is 3.61. The molecule has 13 heavy (non-hydrogen) atoms. The number of hydrogen-bond acceptors (Lipinski definition) is 2. The highest BCUT2D eigenvalue weighted by atomic mass is 15.1. The summed E-state index contributed by atoms with van der Waals surface area (Å²) >= 11 is 0. The molecule has 1 aliphatic rings. The zero-order chi connectivity index (χ0) is 9.26. The van der Waals surface area contributed by atoms with Gasteiger partial charge in [0.05, 0.1) is 12.0 Å². The predicted molar refractivity (Wildman–Crippen MR) is 52.2 cm³/mol. The molecule has 0 spiro atoms. The summed E-state index contributed by atoms with van der Waals surface area (Å²) in [4.78, 5) is 4.14. The number of aromatic nitrogens is 2. The van der Waals surface area contributed by atoms with E-state index in [2.05, 4.69) is 21.7 Å². The van der Waals surface area contributed by atoms with E-state index in [1.165, 1.54) is 0 Å². The van der Waals surface area contributed by atoms with Crippen molar-refractivity contribution in [3.63, 3.8) is 0 Å². The number of nitrogens with two attached hydrogens (primary N) is 1. The van der Waals surface area contributed by atoms with E-state index < -0.39 is 0 Å². The average Bonchev–Trinajstić information content (AvgIpc) is 2.74. The third-order valence-electron chi connectivity index (χ3n) is 2.54. The van der Waals surface area contributed by atoms with E-state index >= 15 is 0 Å². The van der Waals surface area contributed by atoms with Crippen LogP contribution in [0, 0.1) is 0 Å². The van der Waals surface area contributed by atoms with Crippen LogP contribution in [0.2, 0.25) is 0 Å². The second kappa shape index (κ2) is 3.34. The average molecular weight is 177 g/mol. The summed E-state index contributed by atoms with van der Waals surface area (Å²) in [7, 11) is 0. The second-order valence-electron chi connectivity index (χ2n) is 3.61. The first-order valence-electron chi connectivity index (χ1n) is 4.71. The fourth-order valence-corrected chi connectivity index (χ4v) is 1.80. The van der Waals surface area contributed by atoms with Crippen LogP contribution in [0.5, 0.6) is 0 Å². The Labute approximate surface area is 78.3 Å². The van der Waals surface area contributed by atoms with Crippen molar-refractivity contribution in [2.75, 3.05) is 0 Å². The van der Waals surface area contributed by atoms with Gasteiger partial charge in [0.1, 0.15) is 0 Å². The van der Waals surface area contributed by atoms with Crippen molar-refractivity contribution in [1.82, 2.24) is 9.55 Å². The molecule has 1 aromatic rings. The Morgan fingerprint density at radius 3 is 2.85 bits per heavy atom. The summed E-state index contributed by atoms with van der Waals surface area (Å²) < 4.78 is 2.20. The van der Waals surface area contributed by atoms with Crippen molar-refractivity contribution in [2.24, 2.45) is 5.73 Å². The summed E-state index contributed by atoms with van der Waals surface area (Å²) in [5.74, 6) is 0. The Kier molecular flexibility index (Phi) is 2.19. The molecule has 0 fully saturated rings. The zero-order valence-electron chi connectivity index (χ0n) is 7.85. The molecule has 1 aliphatic carbocycles. The molecule has 70 valence electrons. The largest absolute Gasteiger partial charge is 0.329 e. The molecule has 2 rings (SSSR count). The molecule has 0 amide bonds. The van der Waals surface area contributed by atoms with Gasteiger partial charge in [-0.3, -0.25) is 0 Å². The maximum Gasteiger partial charge on any atom is 0.0951 e. The van der Waals surface area contributed by atoms with Gasteiger partial charge in [0.25, 0.3) is 0 Å². The maximum absolute atomic E-state index is 5.85. The molecule has 0 bridgehead atoms. The highest BCUT2D eigenvalue weighted by Gasteiger charge is 2.16. The van der Waals surface area contributed by atoms with Gasteiger partial charge in [-0.2, -0.15) is 0 Å². The first kappa shape index (κ1) is 8.51. The minimum Gasteiger partial charge on any atom is -0.329 e. The minimum atomic E-state index is 0.0723. The Hall–Kier alpha value is -1.09. The van der Waals surface area contributed by atoms with Crippen LogP contribution in [0.1, 0.15) is 37.5 Å². The van der Waals surface area contributed by atoms with Gasteiger partial charge < -0.3 is 10.3 Å². The first-order chi connectivity index (χ1) is 6.29. The summed E-state index contributed by atoms with van der Waals surface area (Å²) in [5.41, 5.74) is 6.98. The highest BCUT2D eigenvalue weighted by molar-refractivity contribution is 5.08. The van der Waals surface area contributed by atoms with Crippen molar-refractivity contribution >= 4 is 0 Å². The molecular formula is C10H15N3. The molecule has 1 heterocycles. The van der Waals surface area contributed by atoms with E-state index in [9.17, 15) is 0 Å². The normalized spacial score (nSPS) is 19.5. The van der Waals surface area contributed by atoms with Crippen LogP contribution < -0.4 is 5.73 Å². The van der Waals surface area contributed by atoms with E-state index in [4.69, 9.17) is 5.73 Å². The SMILES string of the molecule is CC(N)c1cncn1C1CC=CC1. The third-order valence-corrected chi connectivity index (χ3v) is 2.54. The molecule has 1 unspecified atom stereocenters. The van der Waals surface area contributed by atoms with Gasteiger partial charge >= 0.3 is 0 Å². The van der Waals surface area contributed by atoms with Crippen LogP contribution in [0.25, 0.3) is 0 Å². The molecule has 0 saturated heterocycles. The lowest BCUT2D eigenvalue weighted by molar-refractivity contribution is 0.503. The Morgan fingerprint density at radius 2 is 2.23 bits per heavy atom. The van der Waals surface area contributed by atoms with E-state index in [1.54, 1.807) is 0 Å². The maximum atomic E-state index is 5.85. The quantitative estimate of drug-likeness (QED) is 0.700.